The van der Waals surface area contributed by atoms with Crippen molar-refractivity contribution in [2.24, 2.45) is 0 Å². The van der Waals surface area contributed by atoms with E-state index >= 15 is 0 Å². The van der Waals surface area contributed by atoms with E-state index in [4.69, 9.17) is 14.7 Å². The number of benzene rings is 6. The first-order valence-electron chi connectivity index (χ1n) is 18.6. The fourth-order valence-electron chi connectivity index (χ4n) is 9.27. The van der Waals surface area contributed by atoms with Gasteiger partial charge in [-0.3, -0.25) is 9.97 Å². The van der Waals surface area contributed by atoms with Gasteiger partial charge in [0.15, 0.2) is 0 Å². The standard InChI is InChI=1S/C49H26N6OS/c50-26-29-15-19-40-34(22-29)33-8-1-3-11-39(33)55(40)32-24-38-48(53-28-32)47-37(10-7-21-52-47)49(38)35-9-2-5-13-43(35)56-44-25-31(17-18-36(44)49)54-41-12-4-6-14-45(41)57-46-23-30(27-51)16-20-42(46)54/h1-25,28H. The molecule has 0 saturated carbocycles. The molecule has 12 rings (SSSR count). The van der Waals surface area contributed by atoms with Crippen molar-refractivity contribution < 1.29 is 4.74 Å². The van der Waals surface area contributed by atoms with Gasteiger partial charge in [-0.1, -0.05) is 72.4 Å². The average molecular weight is 747 g/mol. The van der Waals surface area contributed by atoms with E-state index in [0.717, 1.165) is 99.5 Å². The first-order chi connectivity index (χ1) is 28.1. The quantitative estimate of drug-likeness (QED) is 0.174. The van der Waals surface area contributed by atoms with Gasteiger partial charge in [0.1, 0.15) is 11.5 Å². The second-order valence-electron chi connectivity index (χ2n) is 14.4. The van der Waals surface area contributed by atoms with Crippen molar-refractivity contribution in [2.75, 3.05) is 4.90 Å². The number of hydrogen-bond acceptors (Lipinski definition) is 7. The molecule has 7 nitrogen and oxygen atoms in total. The summed E-state index contributed by atoms with van der Waals surface area (Å²) in [5.74, 6) is 1.51. The summed E-state index contributed by atoms with van der Waals surface area (Å²) in [4.78, 5) is 14.6. The van der Waals surface area contributed by atoms with Gasteiger partial charge >= 0.3 is 0 Å². The van der Waals surface area contributed by atoms with E-state index in [0.29, 0.717) is 11.1 Å². The van der Waals surface area contributed by atoms with Gasteiger partial charge in [0, 0.05) is 55.2 Å². The van der Waals surface area contributed by atoms with Crippen molar-refractivity contribution in [3.63, 3.8) is 0 Å². The lowest BCUT2D eigenvalue weighted by atomic mass is 9.66. The third-order valence-electron chi connectivity index (χ3n) is 11.6. The van der Waals surface area contributed by atoms with E-state index in [1.54, 1.807) is 11.8 Å². The van der Waals surface area contributed by atoms with Crippen LogP contribution in [0.1, 0.15) is 33.4 Å². The smallest absolute Gasteiger partial charge is 0.134 e. The average Bonchev–Trinajstić information content (AvgIpc) is 3.75. The maximum atomic E-state index is 9.79. The van der Waals surface area contributed by atoms with Crippen molar-refractivity contribution >= 4 is 50.6 Å². The van der Waals surface area contributed by atoms with E-state index in [1.165, 1.54) is 0 Å². The highest BCUT2D eigenvalue weighted by atomic mass is 32.2. The Morgan fingerprint density at radius 2 is 1.28 bits per heavy atom. The molecule has 9 aromatic rings. The summed E-state index contributed by atoms with van der Waals surface area (Å²) in [5, 5.41) is 21.6. The maximum absolute atomic E-state index is 9.79. The lowest BCUT2D eigenvalue weighted by molar-refractivity contribution is 0.436. The Hall–Kier alpha value is -7.65. The Morgan fingerprint density at radius 3 is 2.21 bits per heavy atom. The molecule has 5 heterocycles. The molecule has 0 saturated heterocycles. The molecule has 0 N–H and O–H groups in total. The zero-order chi connectivity index (χ0) is 37.8. The molecule has 3 aliphatic rings. The zero-order valence-corrected chi connectivity index (χ0v) is 30.8. The third kappa shape index (κ3) is 4.25. The summed E-state index contributed by atoms with van der Waals surface area (Å²) in [6.45, 7) is 0. The number of ether oxygens (including phenoxy) is 1. The third-order valence-corrected chi connectivity index (χ3v) is 12.7. The van der Waals surface area contributed by atoms with Crippen LogP contribution in [-0.4, -0.2) is 14.5 Å². The lowest BCUT2D eigenvalue weighted by Crippen LogP contribution is -2.32. The van der Waals surface area contributed by atoms with Crippen LogP contribution in [0.2, 0.25) is 0 Å². The predicted octanol–water partition coefficient (Wildman–Crippen LogP) is 11.7. The first kappa shape index (κ1) is 31.7. The van der Waals surface area contributed by atoms with E-state index < -0.39 is 5.41 Å². The van der Waals surface area contributed by atoms with Crippen LogP contribution in [0.15, 0.2) is 168 Å². The summed E-state index contributed by atoms with van der Waals surface area (Å²) in [6, 6.07) is 54.4. The van der Waals surface area contributed by atoms with Crippen LogP contribution in [0.5, 0.6) is 11.5 Å². The minimum absolute atomic E-state index is 0.620. The van der Waals surface area contributed by atoms with Gasteiger partial charge in [0.05, 0.1) is 74.4 Å². The largest absolute Gasteiger partial charge is 0.457 e. The first-order valence-corrected chi connectivity index (χ1v) is 19.4. The van der Waals surface area contributed by atoms with Gasteiger partial charge in [0.25, 0.3) is 0 Å². The number of para-hydroxylation sites is 3. The van der Waals surface area contributed by atoms with Gasteiger partial charge in [-0.25, -0.2) is 0 Å². The maximum Gasteiger partial charge on any atom is 0.134 e. The summed E-state index contributed by atoms with van der Waals surface area (Å²) < 4.78 is 9.18. The fourth-order valence-corrected chi connectivity index (χ4v) is 10.4. The molecule has 6 aromatic carbocycles. The van der Waals surface area contributed by atoms with Gasteiger partial charge in [-0.15, -0.1) is 0 Å². The highest BCUT2D eigenvalue weighted by Crippen LogP contribution is 2.62. The Bertz CT molecular complexity index is 3320. The highest BCUT2D eigenvalue weighted by Gasteiger charge is 2.52. The topological polar surface area (TPSA) is 90.8 Å². The van der Waals surface area contributed by atoms with E-state index in [1.807, 2.05) is 85.2 Å². The van der Waals surface area contributed by atoms with Crippen LogP contribution < -0.4 is 9.64 Å². The Balaban J connectivity index is 1.12. The predicted molar refractivity (Wildman–Crippen MR) is 222 cm³/mol. The molecule has 1 aliphatic carbocycles. The Morgan fingerprint density at radius 1 is 0.544 bits per heavy atom. The molecular formula is C49H26N6OS. The molecule has 2 aliphatic heterocycles. The minimum atomic E-state index is -0.799. The summed E-state index contributed by atoms with van der Waals surface area (Å²) >= 11 is 1.68. The highest BCUT2D eigenvalue weighted by molar-refractivity contribution is 7.99. The minimum Gasteiger partial charge on any atom is -0.457 e. The number of aromatic nitrogens is 3. The van der Waals surface area contributed by atoms with Crippen LogP contribution in [0, 0.1) is 22.7 Å². The van der Waals surface area contributed by atoms with E-state index in [9.17, 15) is 10.5 Å². The molecule has 1 unspecified atom stereocenters. The fraction of sp³-hybridized carbons (Fsp3) is 0.0204. The van der Waals surface area contributed by atoms with Gasteiger partial charge in [0.2, 0.25) is 0 Å². The van der Waals surface area contributed by atoms with Crippen molar-refractivity contribution in [1.29, 1.82) is 10.5 Å². The molecule has 57 heavy (non-hydrogen) atoms. The number of pyridine rings is 2. The molecular weight excluding hydrogens is 721 g/mol. The Kier molecular flexibility index (Phi) is 6.49. The SMILES string of the molecule is N#Cc1ccc2c(c1)Sc1ccccc1N2c1ccc2c(c1)Oc1ccccc1C21c2cccnc2-c2ncc(-n3c4ccccc4c4cc(C#N)ccc43)cc21. The molecule has 1 spiro atoms. The van der Waals surface area contributed by atoms with Crippen LogP contribution >= 0.6 is 11.8 Å². The number of nitrogens with zero attached hydrogens (tertiary/aromatic N) is 6. The van der Waals surface area contributed by atoms with Crippen molar-refractivity contribution in [1.82, 2.24) is 14.5 Å². The lowest BCUT2D eigenvalue weighted by Gasteiger charge is -2.40. The second-order valence-corrected chi connectivity index (χ2v) is 15.5. The number of rotatable bonds is 2. The van der Waals surface area contributed by atoms with Crippen LogP contribution in [0.4, 0.5) is 17.1 Å². The monoisotopic (exact) mass is 746 g/mol. The summed E-state index contributed by atoms with van der Waals surface area (Å²) in [5.41, 5.74) is 12.2. The zero-order valence-electron chi connectivity index (χ0n) is 30.0. The summed E-state index contributed by atoms with van der Waals surface area (Å²) in [6.07, 6.45) is 3.78. The molecule has 1 atom stereocenters. The molecule has 0 fully saturated rings. The van der Waals surface area contributed by atoms with Crippen LogP contribution in [0.3, 0.4) is 0 Å². The molecule has 0 amide bonds. The van der Waals surface area contributed by atoms with Gasteiger partial charge < -0.3 is 14.2 Å². The molecule has 8 heteroatoms. The number of fused-ring (bicyclic) bond motifs is 14. The van der Waals surface area contributed by atoms with E-state index in [-0.39, 0.29) is 0 Å². The normalized spacial score (nSPS) is 15.4. The number of anilines is 3. The van der Waals surface area contributed by atoms with Crippen LogP contribution in [-0.2, 0) is 5.41 Å². The number of hydrogen-bond donors (Lipinski definition) is 0. The van der Waals surface area contributed by atoms with Crippen LogP contribution in [0.25, 0.3) is 38.9 Å². The van der Waals surface area contributed by atoms with Gasteiger partial charge in [-0.2, -0.15) is 10.5 Å². The number of nitriles is 2. The van der Waals surface area contributed by atoms with E-state index in [2.05, 4.69) is 94.4 Å². The van der Waals surface area contributed by atoms with Gasteiger partial charge in [-0.05, 0) is 84.4 Å². The van der Waals surface area contributed by atoms with Crippen molar-refractivity contribution in [3.05, 3.63) is 191 Å². The molecule has 264 valence electrons. The Labute approximate surface area is 331 Å². The summed E-state index contributed by atoms with van der Waals surface area (Å²) in [7, 11) is 0. The van der Waals surface area contributed by atoms with Crippen molar-refractivity contribution in [2.45, 2.75) is 15.2 Å². The molecule has 0 bridgehead atoms. The second kappa shape index (κ2) is 11.7. The van der Waals surface area contributed by atoms with Crippen molar-refractivity contribution in [3.8, 4) is 40.7 Å². The molecule has 3 aromatic heterocycles. The molecule has 0 radical (unpaired) electrons.